The lowest BCUT2D eigenvalue weighted by Gasteiger charge is -2.31. The van der Waals surface area contributed by atoms with Crippen LogP contribution in [0.25, 0.3) is 22.3 Å². The highest BCUT2D eigenvalue weighted by Gasteiger charge is 2.45. The fourth-order valence-electron chi connectivity index (χ4n) is 5.64. The van der Waals surface area contributed by atoms with Crippen molar-refractivity contribution in [1.29, 1.82) is 0 Å². The summed E-state index contributed by atoms with van der Waals surface area (Å²) < 4.78 is 21.5. The van der Waals surface area contributed by atoms with Crippen LogP contribution >= 0.6 is 0 Å². The molecule has 0 fully saturated rings. The number of benzene rings is 1. The molecule has 1 atom stereocenters. The maximum Gasteiger partial charge on any atom is 0.343 e. The molecular weight excluding hydrogens is 413 g/mol. The molecule has 4 heterocycles. The van der Waals surface area contributed by atoms with Crippen LogP contribution in [-0.2, 0) is 47.7 Å². The second-order valence-corrected chi connectivity index (χ2v) is 8.79. The van der Waals surface area contributed by atoms with E-state index in [0.717, 1.165) is 41.3 Å². The summed E-state index contributed by atoms with van der Waals surface area (Å²) in [4.78, 5) is 30.5. The zero-order chi connectivity index (χ0) is 22.4. The van der Waals surface area contributed by atoms with E-state index in [1.165, 1.54) is 6.07 Å². The first kappa shape index (κ1) is 19.6. The molecule has 0 saturated heterocycles. The Bertz CT molecular complexity index is 1430. The molecule has 32 heavy (non-hydrogen) atoms. The van der Waals surface area contributed by atoms with Crippen LogP contribution in [0.5, 0.6) is 0 Å². The summed E-state index contributed by atoms with van der Waals surface area (Å²) in [5.74, 6) is -1.11. The van der Waals surface area contributed by atoms with E-state index < -0.39 is 11.6 Å². The number of cyclic esters (lactones) is 1. The van der Waals surface area contributed by atoms with Gasteiger partial charge in [0, 0.05) is 34.7 Å². The highest BCUT2D eigenvalue weighted by atomic mass is 19.1. The van der Waals surface area contributed by atoms with Crippen molar-refractivity contribution in [2.75, 3.05) is 0 Å². The van der Waals surface area contributed by atoms with Gasteiger partial charge >= 0.3 is 5.97 Å². The third-order valence-electron chi connectivity index (χ3n) is 7.32. The zero-order valence-electron chi connectivity index (χ0n) is 17.6. The molecule has 0 amide bonds. The minimum Gasteiger partial charge on any atom is -0.458 e. The molecule has 0 unspecified atom stereocenters. The monoisotopic (exact) mass is 435 g/mol. The number of aromatic nitrogens is 2. The van der Waals surface area contributed by atoms with Crippen molar-refractivity contribution >= 4 is 16.9 Å². The predicted molar refractivity (Wildman–Crippen MR) is 114 cm³/mol. The van der Waals surface area contributed by atoms with Gasteiger partial charge in [0.1, 0.15) is 12.4 Å². The molecule has 0 bridgehead atoms. The second-order valence-electron chi connectivity index (χ2n) is 8.79. The average Bonchev–Trinajstić information content (AvgIpc) is 3.16. The molecule has 0 spiro atoms. The van der Waals surface area contributed by atoms with E-state index in [2.05, 4.69) is 0 Å². The molecule has 1 aliphatic carbocycles. The lowest BCUT2D eigenvalue weighted by Crippen LogP contribution is -2.44. The third kappa shape index (κ3) is 2.28. The van der Waals surface area contributed by atoms with Gasteiger partial charge in [-0.2, -0.15) is 0 Å². The quantitative estimate of drug-likeness (QED) is 0.468. The lowest BCUT2D eigenvalue weighted by atomic mass is 9.84. The maximum atomic E-state index is 14.8. The van der Waals surface area contributed by atoms with E-state index in [0.29, 0.717) is 34.6 Å². The number of ether oxygens (including phenoxy) is 1. The van der Waals surface area contributed by atoms with Gasteiger partial charge in [0.2, 0.25) is 0 Å². The summed E-state index contributed by atoms with van der Waals surface area (Å²) in [6.07, 6.45) is 2.52. The summed E-state index contributed by atoms with van der Waals surface area (Å²) in [5.41, 5.74) is 9.43. The molecule has 164 valence electrons. The Balaban J connectivity index is 1.67. The number of rotatable bonds is 2. The summed E-state index contributed by atoms with van der Waals surface area (Å²) in [6.45, 7) is 1.99. The van der Waals surface area contributed by atoms with Crippen LogP contribution in [0, 0.1) is 5.82 Å². The number of carbonyl (C=O) groups is 1. The fourth-order valence-corrected chi connectivity index (χ4v) is 5.64. The molecule has 3 aromatic rings. The van der Waals surface area contributed by atoms with Gasteiger partial charge in [-0.15, -0.1) is 0 Å². The maximum absolute atomic E-state index is 14.8. The van der Waals surface area contributed by atoms with Crippen LogP contribution in [0.4, 0.5) is 4.39 Å². The standard InChI is InChI=1S/C24H22FN3O4/c1-2-24(31)16-6-19-21-14(9-28(19)22(29)15(16)10-32-23(24)30)12-5-3-4-11-13(8-26)17(25)7-18(27-21)20(11)12/h6-7,31H,2-5,8-10,26H2,1H3/t24-/m0/s1. The Morgan fingerprint density at radius 3 is 2.75 bits per heavy atom. The SMILES string of the molecule is CC[C@@]1(O)C(=O)OCc2c1cc1n(c2=O)Cc2c-1nc1cc(F)c(CN)c3c1c2CCC3. The van der Waals surface area contributed by atoms with Crippen molar-refractivity contribution in [1.82, 2.24) is 9.55 Å². The topological polar surface area (TPSA) is 107 Å². The number of nitrogens with two attached hydrogens (primary N) is 1. The number of carbonyl (C=O) groups excluding carboxylic acids is 1. The van der Waals surface area contributed by atoms with Crippen LogP contribution in [0.3, 0.4) is 0 Å². The zero-order valence-corrected chi connectivity index (χ0v) is 17.6. The van der Waals surface area contributed by atoms with Gasteiger partial charge in [-0.3, -0.25) is 4.79 Å². The molecular formula is C24H22FN3O4. The second kappa shape index (κ2) is 6.46. The molecule has 2 aliphatic heterocycles. The molecule has 7 nitrogen and oxygen atoms in total. The minimum atomic E-state index is -1.87. The number of fused-ring (bicyclic) bond motifs is 5. The molecule has 2 aromatic heterocycles. The van der Waals surface area contributed by atoms with E-state index in [4.69, 9.17) is 15.5 Å². The molecule has 3 N–H and O–H groups in total. The van der Waals surface area contributed by atoms with Crippen molar-refractivity contribution in [2.45, 2.75) is 57.9 Å². The first-order valence-electron chi connectivity index (χ1n) is 10.9. The van der Waals surface area contributed by atoms with Crippen LogP contribution < -0.4 is 11.3 Å². The third-order valence-corrected chi connectivity index (χ3v) is 7.32. The van der Waals surface area contributed by atoms with Crippen molar-refractivity contribution in [2.24, 2.45) is 5.73 Å². The predicted octanol–water partition coefficient (Wildman–Crippen LogP) is 2.17. The van der Waals surface area contributed by atoms with Gasteiger partial charge in [-0.05, 0) is 42.9 Å². The van der Waals surface area contributed by atoms with Crippen molar-refractivity contribution in [3.63, 3.8) is 0 Å². The van der Waals surface area contributed by atoms with Gasteiger partial charge in [0.15, 0.2) is 5.60 Å². The summed E-state index contributed by atoms with van der Waals surface area (Å²) >= 11 is 0. The molecule has 1 aromatic carbocycles. The molecule has 0 radical (unpaired) electrons. The number of halogens is 1. The van der Waals surface area contributed by atoms with Gasteiger partial charge in [-0.25, -0.2) is 14.2 Å². The number of aliphatic hydroxyl groups is 1. The number of aryl methyl sites for hydroxylation is 2. The van der Waals surface area contributed by atoms with E-state index in [-0.39, 0.29) is 36.5 Å². The summed E-state index contributed by atoms with van der Waals surface area (Å²) in [6, 6.07) is 3.11. The highest BCUT2D eigenvalue weighted by Crippen LogP contribution is 2.43. The van der Waals surface area contributed by atoms with Gasteiger partial charge < -0.3 is 20.1 Å². The summed E-state index contributed by atoms with van der Waals surface area (Å²) in [5, 5.41) is 12.0. The number of hydrogen-bond acceptors (Lipinski definition) is 6. The fraction of sp³-hybridized carbons (Fsp3) is 0.375. The Labute approximate surface area is 182 Å². The largest absolute Gasteiger partial charge is 0.458 e. The van der Waals surface area contributed by atoms with Crippen LogP contribution in [0.15, 0.2) is 16.9 Å². The van der Waals surface area contributed by atoms with E-state index in [1.54, 1.807) is 17.6 Å². The molecule has 3 aliphatic rings. The van der Waals surface area contributed by atoms with Crippen molar-refractivity contribution in [3.05, 3.63) is 61.7 Å². The van der Waals surface area contributed by atoms with E-state index in [9.17, 15) is 19.1 Å². The first-order chi connectivity index (χ1) is 15.4. The highest BCUT2D eigenvalue weighted by molar-refractivity contribution is 5.92. The normalized spacial score (nSPS) is 20.7. The Kier molecular flexibility index (Phi) is 3.95. The number of hydrogen-bond donors (Lipinski definition) is 2. The minimum absolute atomic E-state index is 0.0847. The van der Waals surface area contributed by atoms with Crippen LogP contribution in [0.1, 0.15) is 53.1 Å². The Morgan fingerprint density at radius 2 is 2.00 bits per heavy atom. The van der Waals surface area contributed by atoms with Crippen LogP contribution in [0.2, 0.25) is 0 Å². The summed E-state index contributed by atoms with van der Waals surface area (Å²) in [7, 11) is 0. The first-order valence-corrected chi connectivity index (χ1v) is 10.9. The van der Waals surface area contributed by atoms with Gasteiger partial charge in [-0.1, -0.05) is 6.92 Å². The number of nitrogens with zero attached hydrogens (tertiary/aromatic N) is 2. The number of pyridine rings is 2. The lowest BCUT2D eigenvalue weighted by molar-refractivity contribution is -0.172. The van der Waals surface area contributed by atoms with Crippen molar-refractivity contribution in [3.8, 4) is 11.4 Å². The van der Waals surface area contributed by atoms with Crippen molar-refractivity contribution < 1.29 is 19.0 Å². The molecule has 0 saturated carbocycles. The van der Waals surface area contributed by atoms with E-state index >= 15 is 0 Å². The average molecular weight is 435 g/mol. The molecule has 6 rings (SSSR count). The smallest absolute Gasteiger partial charge is 0.343 e. The van der Waals surface area contributed by atoms with Crippen LogP contribution in [-0.4, -0.2) is 20.6 Å². The van der Waals surface area contributed by atoms with Gasteiger partial charge in [0.05, 0.1) is 29.0 Å². The Morgan fingerprint density at radius 1 is 1.22 bits per heavy atom. The van der Waals surface area contributed by atoms with E-state index in [1.807, 2.05) is 0 Å². The molecule has 8 heteroatoms. The van der Waals surface area contributed by atoms with Gasteiger partial charge in [0.25, 0.3) is 5.56 Å². The Hall–Kier alpha value is -3.10. The number of esters is 1.